The van der Waals surface area contributed by atoms with Gasteiger partial charge in [-0.2, -0.15) is 0 Å². The molecule has 1 aliphatic carbocycles. The lowest BCUT2D eigenvalue weighted by molar-refractivity contribution is -0.134. The fourth-order valence-electron chi connectivity index (χ4n) is 4.57. The molecule has 2 fully saturated rings. The molecule has 1 saturated heterocycles. The molecular weight excluding hydrogens is 324 g/mol. The lowest BCUT2D eigenvalue weighted by Crippen LogP contribution is -2.40. The Labute approximate surface area is 153 Å². The number of nitrogens with zero attached hydrogens (tertiary/aromatic N) is 2. The summed E-state index contributed by atoms with van der Waals surface area (Å²) in [5, 5.41) is 0. The van der Waals surface area contributed by atoms with Crippen LogP contribution in [0.15, 0.2) is 49.3 Å². The number of ether oxygens (including phenoxy) is 1. The molecular formula is C22H22N2O2. The number of rotatable bonds is 3. The molecule has 1 atom stereocenters. The number of hydrogen-bond acceptors (Lipinski definition) is 3. The minimum absolute atomic E-state index is 0.256. The van der Waals surface area contributed by atoms with Crippen molar-refractivity contribution in [2.75, 3.05) is 13.1 Å². The molecule has 0 N–H and O–H groups in total. The molecule has 0 radical (unpaired) electrons. The lowest BCUT2D eigenvalue weighted by Gasteiger charge is -2.27. The molecule has 132 valence electrons. The highest BCUT2D eigenvalue weighted by molar-refractivity contribution is 5.91. The van der Waals surface area contributed by atoms with Gasteiger partial charge < -0.3 is 9.64 Å². The number of pyridine rings is 1. The zero-order valence-electron chi connectivity index (χ0n) is 14.8. The van der Waals surface area contributed by atoms with Crippen LogP contribution >= 0.6 is 0 Å². The van der Waals surface area contributed by atoms with E-state index < -0.39 is 0 Å². The van der Waals surface area contributed by atoms with Gasteiger partial charge in [-0.1, -0.05) is 36.9 Å². The summed E-state index contributed by atoms with van der Waals surface area (Å²) in [6, 6.07) is 10.3. The molecule has 2 aromatic rings. The van der Waals surface area contributed by atoms with E-state index in [-0.39, 0.29) is 16.9 Å². The number of likely N-dealkylation sites (tertiary alicyclic amines) is 1. The molecule has 3 aliphatic rings. The first-order valence-electron chi connectivity index (χ1n) is 9.27. The van der Waals surface area contributed by atoms with Crippen molar-refractivity contribution in [3.63, 3.8) is 0 Å². The van der Waals surface area contributed by atoms with Crippen molar-refractivity contribution in [2.24, 2.45) is 0 Å². The number of carbonyl (C=O) groups excluding carboxylic acids is 1. The Kier molecular flexibility index (Phi) is 3.35. The predicted molar refractivity (Wildman–Crippen MR) is 99.3 cm³/mol. The largest absolute Gasteiger partial charge is 0.364 e. The van der Waals surface area contributed by atoms with Crippen LogP contribution in [0.2, 0.25) is 0 Å². The van der Waals surface area contributed by atoms with Crippen LogP contribution in [-0.2, 0) is 27.2 Å². The SMILES string of the molecule is C=Cc1ccc(C2(C(=O)N3CCC4(C3)OCc3cnccc34)CC2)cc1. The van der Waals surface area contributed by atoms with Crippen LogP contribution < -0.4 is 0 Å². The standard InChI is InChI=1S/C22H22N2O2/c1-2-16-3-5-18(6-4-16)21(8-9-21)20(25)24-12-10-22(15-24)19-7-11-23-13-17(19)14-26-22/h2-7,11,13H,1,8-10,12,14-15H2. The molecule has 1 unspecified atom stereocenters. The first-order valence-corrected chi connectivity index (χ1v) is 9.27. The fraction of sp³-hybridized carbons (Fsp3) is 0.364. The van der Waals surface area contributed by atoms with Gasteiger partial charge in [0.2, 0.25) is 5.91 Å². The number of hydrogen-bond donors (Lipinski definition) is 0. The van der Waals surface area contributed by atoms with E-state index in [9.17, 15) is 4.79 Å². The van der Waals surface area contributed by atoms with Gasteiger partial charge in [-0.3, -0.25) is 9.78 Å². The van der Waals surface area contributed by atoms with Gasteiger partial charge in [0.15, 0.2) is 0 Å². The normalized spacial score (nSPS) is 25.3. The van der Waals surface area contributed by atoms with Crippen molar-refractivity contribution in [2.45, 2.75) is 36.9 Å². The highest BCUT2D eigenvalue weighted by Crippen LogP contribution is 2.52. The van der Waals surface area contributed by atoms with Gasteiger partial charge in [-0.15, -0.1) is 0 Å². The Balaban J connectivity index is 1.40. The Morgan fingerprint density at radius 2 is 2.00 bits per heavy atom. The van der Waals surface area contributed by atoms with E-state index in [1.807, 2.05) is 35.5 Å². The number of carbonyl (C=O) groups is 1. The Bertz CT molecular complexity index is 885. The van der Waals surface area contributed by atoms with E-state index in [1.165, 1.54) is 5.56 Å². The maximum absolute atomic E-state index is 13.4. The summed E-state index contributed by atoms with van der Waals surface area (Å²) in [6.45, 7) is 5.80. The van der Waals surface area contributed by atoms with Crippen molar-refractivity contribution < 1.29 is 9.53 Å². The van der Waals surface area contributed by atoms with Crippen molar-refractivity contribution >= 4 is 12.0 Å². The third-order valence-corrected chi connectivity index (χ3v) is 6.28. The molecule has 1 spiro atoms. The maximum Gasteiger partial charge on any atom is 0.233 e. The first kappa shape index (κ1) is 15.8. The van der Waals surface area contributed by atoms with Gasteiger partial charge in [0.25, 0.3) is 0 Å². The van der Waals surface area contributed by atoms with Crippen LogP contribution in [0, 0.1) is 0 Å². The van der Waals surface area contributed by atoms with E-state index in [1.54, 1.807) is 0 Å². The number of fused-ring (bicyclic) bond motifs is 2. The third kappa shape index (κ3) is 2.18. The first-order chi connectivity index (χ1) is 12.7. The van der Waals surface area contributed by atoms with Crippen molar-refractivity contribution in [1.82, 2.24) is 9.88 Å². The Morgan fingerprint density at radius 1 is 1.19 bits per heavy atom. The second-order valence-electron chi connectivity index (χ2n) is 7.70. The fourth-order valence-corrected chi connectivity index (χ4v) is 4.57. The maximum atomic E-state index is 13.4. The molecule has 4 heteroatoms. The van der Waals surface area contributed by atoms with Crippen LogP contribution in [0.4, 0.5) is 0 Å². The molecule has 4 nitrogen and oxygen atoms in total. The van der Waals surface area contributed by atoms with Crippen molar-refractivity contribution in [3.05, 3.63) is 71.6 Å². The smallest absolute Gasteiger partial charge is 0.233 e. The van der Waals surface area contributed by atoms with Crippen LogP contribution in [0.25, 0.3) is 6.08 Å². The minimum Gasteiger partial charge on any atom is -0.364 e. The van der Waals surface area contributed by atoms with Crippen LogP contribution in [-0.4, -0.2) is 28.9 Å². The molecule has 1 aromatic heterocycles. The monoisotopic (exact) mass is 346 g/mol. The molecule has 3 heterocycles. The topological polar surface area (TPSA) is 42.4 Å². The number of benzene rings is 1. The molecule has 1 saturated carbocycles. The zero-order chi connectivity index (χ0) is 17.8. The quantitative estimate of drug-likeness (QED) is 0.855. The molecule has 1 amide bonds. The lowest BCUT2D eigenvalue weighted by atomic mass is 9.92. The van der Waals surface area contributed by atoms with E-state index in [2.05, 4.69) is 29.8 Å². The third-order valence-electron chi connectivity index (χ3n) is 6.28. The zero-order valence-corrected chi connectivity index (χ0v) is 14.8. The van der Waals surface area contributed by atoms with Crippen LogP contribution in [0.1, 0.15) is 41.5 Å². The van der Waals surface area contributed by atoms with E-state index >= 15 is 0 Å². The average Bonchev–Trinajstić information content (AvgIpc) is 3.28. The van der Waals surface area contributed by atoms with Gasteiger partial charge >= 0.3 is 0 Å². The van der Waals surface area contributed by atoms with E-state index in [4.69, 9.17) is 4.74 Å². The molecule has 1 aromatic carbocycles. The minimum atomic E-state index is -0.337. The molecule has 5 rings (SSSR count). The van der Waals surface area contributed by atoms with Gasteiger partial charge in [-0.25, -0.2) is 0 Å². The van der Waals surface area contributed by atoms with Crippen LogP contribution in [0.3, 0.4) is 0 Å². The Morgan fingerprint density at radius 3 is 2.73 bits per heavy atom. The van der Waals surface area contributed by atoms with Gasteiger partial charge in [0, 0.05) is 24.5 Å². The van der Waals surface area contributed by atoms with Gasteiger partial charge in [-0.05, 0) is 42.0 Å². The molecule has 26 heavy (non-hydrogen) atoms. The number of aromatic nitrogens is 1. The highest BCUT2D eigenvalue weighted by atomic mass is 16.5. The number of amides is 1. The summed E-state index contributed by atoms with van der Waals surface area (Å²) < 4.78 is 6.18. The van der Waals surface area contributed by atoms with E-state index in [0.29, 0.717) is 13.2 Å². The highest BCUT2D eigenvalue weighted by Gasteiger charge is 2.56. The van der Waals surface area contributed by atoms with Crippen molar-refractivity contribution in [3.8, 4) is 0 Å². The molecule has 0 bridgehead atoms. The summed E-state index contributed by atoms with van der Waals surface area (Å²) in [7, 11) is 0. The van der Waals surface area contributed by atoms with Gasteiger partial charge in [0.1, 0.15) is 5.60 Å². The average molecular weight is 346 g/mol. The Hall–Kier alpha value is -2.46. The summed E-state index contributed by atoms with van der Waals surface area (Å²) in [5.41, 5.74) is 3.92. The second-order valence-corrected chi connectivity index (χ2v) is 7.70. The summed E-state index contributed by atoms with van der Waals surface area (Å²) in [4.78, 5) is 19.6. The van der Waals surface area contributed by atoms with Crippen LogP contribution in [0.5, 0.6) is 0 Å². The summed E-state index contributed by atoms with van der Waals surface area (Å²) in [6.07, 6.45) is 8.27. The summed E-state index contributed by atoms with van der Waals surface area (Å²) >= 11 is 0. The summed E-state index contributed by atoms with van der Waals surface area (Å²) in [5.74, 6) is 0.256. The van der Waals surface area contributed by atoms with E-state index in [0.717, 1.165) is 42.5 Å². The van der Waals surface area contributed by atoms with Gasteiger partial charge in [0.05, 0.1) is 18.6 Å². The predicted octanol–water partition coefficient (Wildman–Crippen LogP) is 3.41. The molecule has 2 aliphatic heterocycles. The second kappa shape index (κ2) is 5.52. The van der Waals surface area contributed by atoms with Crippen molar-refractivity contribution in [1.29, 1.82) is 0 Å².